The zero-order valence-corrected chi connectivity index (χ0v) is 18.6. The molecule has 0 radical (unpaired) electrons. The van der Waals surface area contributed by atoms with Gasteiger partial charge in [-0.3, -0.25) is 4.79 Å². The first-order valence-corrected chi connectivity index (χ1v) is 11.9. The number of hydrogen-bond acceptors (Lipinski definition) is 7. The minimum atomic E-state index is -4.75. The summed E-state index contributed by atoms with van der Waals surface area (Å²) in [4.78, 5) is 16.5. The number of benzene rings is 2. The molecule has 8 nitrogen and oxygen atoms in total. The lowest BCUT2D eigenvalue weighted by atomic mass is 10.1. The van der Waals surface area contributed by atoms with Crippen LogP contribution in [0.4, 0.5) is 24.0 Å². The monoisotopic (exact) mass is 500 g/mol. The quantitative estimate of drug-likeness (QED) is 0.414. The topological polar surface area (TPSA) is 123 Å². The SMILES string of the molecule is NS(=O)(=O)c1ccc(CCNC(=O)Cc2csc(Nc3ccc(OC(F)(F)F)cc3)n2)cc1. The van der Waals surface area contributed by atoms with Gasteiger partial charge in [-0.15, -0.1) is 24.5 Å². The summed E-state index contributed by atoms with van der Waals surface area (Å²) in [5, 5.41) is 13.0. The predicted molar refractivity (Wildman–Crippen MR) is 117 cm³/mol. The highest BCUT2D eigenvalue weighted by Crippen LogP contribution is 2.26. The average Bonchev–Trinajstić information content (AvgIpc) is 3.15. The summed E-state index contributed by atoms with van der Waals surface area (Å²) in [7, 11) is -3.74. The molecule has 0 fully saturated rings. The number of aromatic nitrogens is 1. The molecule has 33 heavy (non-hydrogen) atoms. The smallest absolute Gasteiger partial charge is 0.406 e. The number of carbonyl (C=O) groups excluding carboxylic acids is 1. The zero-order valence-electron chi connectivity index (χ0n) is 16.9. The van der Waals surface area contributed by atoms with Gasteiger partial charge in [-0.2, -0.15) is 0 Å². The van der Waals surface area contributed by atoms with Gasteiger partial charge in [0.15, 0.2) is 5.13 Å². The van der Waals surface area contributed by atoms with Gasteiger partial charge in [0.1, 0.15) is 5.75 Å². The molecule has 1 aromatic heterocycles. The lowest BCUT2D eigenvalue weighted by Gasteiger charge is -2.09. The Labute approximate surface area is 191 Å². The number of nitrogens with zero attached hydrogens (tertiary/aromatic N) is 1. The van der Waals surface area contributed by atoms with E-state index in [1.54, 1.807) is 17.5 Å². The first kappa shape index (κ1) is 24.5. The molecule has 3 aromatic rings. The number of thiazole rings is 1. The Morgan fingerprint density at radius 1 is 1.09 bits per heavy atom. The summed E-state index contributed by atoms with van der Waals surface area (Å²) in [6.45, 7) is 0.356. The Bertz CT molecular complexity index is 1200. The number of nitrogens with one attached hydrogen (secondary N) is 2. The van der Waals surface area contributed by atoms with Crippen molar-refractivity contribution in [3.63, 3.8) is 0 Å². The van der Waals surface area contributed by atoms with Crippen LogP contribution >= 0.6 is 11.3 Å². The van der Waals surface area contributed by atoms with Crippen molar-refractivity contribution < 1.29 is 31.1 Å². The van der Waals surface area contributed by atoms with Crippen molar-refractivity contribution in [1.82, 2.24) is 10.3 Å². The summed E-state index contributed by atoms with van der Waals surface area (Å²) in [6, 6.07) is 11.3. The summed E-state index contributed by atoms with van der Waals surface area (Å²) in [5.41, 5.74) is 1.90. The first-order chi connectivity index (χ1) is 15.5. The maximum Gasteiger partial charge on any atom is 0.573 e. The molecular formula is C20H19F3N4O4S2. The molecule has 0 aliphatic rings. The lowest BCUT2D eigenvalue weighted by molar-refractivity contribution is -0.274. The number of halogens is 3. The number of ether oxygens (including phenoxy) is 1. The van der Waals surface area contributed by atoms with Gasteiger partial charge in [0.25, 0.3) is 0 Å². The standard InChI is InChI=1S/C20H19F3N4O4S2/c21-20(22,23)31-16-5-3-14(4-6-16)26-19-27-15(12-32-19)11-18(28)25-10-9-13-1-7-17(8-2-13)33(24,29)30/h1-8,12H,9-11H2,(H,25,28)(H,26,27)(H2,24,29,30). The van der Waals surface area contributed by atoms with Crippen LogP contribution in [0.3, 0.4) is 0 Å². The van der Waals surface area contributed by atoms with Gasteiger partial charge in [0.05, 0.1) is 17.0 Å². The number of hydrogen-bond donors (Lipinski definition) is 3. The molecule has 3 rings (SSSR count). The second kappa shape index (κ2) is 10.2. The molecule has 0 spiro atoms. The predicted octanol–water partition coefficient (Wildman–Crippen LogP) is 3.33. The number of rotatable bonds is 9. The third-order valence-corrected chi connectivity index (χ3v) is 5.96. The molecular weight excluding hydrogens is 481 g/mol. The maximum absolute atomic E-state index is 12.2. The fourth-order valence-corrected chi connectivity index (χ4v) is 3.97. The Balaban J connectivity index is 1.44. The Morgan fingerprint density at radius 3 is 2.36 bits per heavy atom. The molecule has 0 unspecified atom stereocenters. The van der Waals surface area contributed by atoms with Crippen molar-refractivity contribution in [2.75, 3.05) is 11.9 Å². The average molecular weight is 501 g/mol. The molecule has 0 atom stereocenters. The van der Waals surface area contributed by atoms with Gasteiger partial charge in [-0.1, -0.05) is 12.1 Å². The van der Waals surface area contributed by atoms with Crippen molar-refractivity contribution in [3.05, 3.63) is 65.2 Å². The number of alkyl halides is 3. The van der Waals surface area contributed by atoms with E-state index in [0.717, 1.165) is 5.56 Å². The van der Waals surface area contributed by atoms with E-state index in [-0.39, 0.29) is 23.0 Å². The molecule has 0 saturated carbocycles. The molecule has 13 heteroatoms. The van der Waals surface area contributed by atoms with Gasteiger partial charge in [0.2, 0.25) is 15.9 Å². The molecule has 0 aliphatic heterocycles. The van der Waals surface area contributed by atoms with Crippen LogP contribution in [0.5, 0.6) is 5.75 Å². The van der Waals surface area contributed by atoms with Crippen molar-refractivity contribution in [2.24, 2.45) is 5.14 Å². The van der Waals surface area contributed by atoms with Crippen molar-refractivity contribution in [1.29, 1.82) is 0 Å². The van der Waals surface area contributed by atoms with Crippen LogP contribution in [0.15, 0.2) is 58.8 Å². The van der Waals surface area contributed by atoms with Gasteiger partial charge in [-0.05, 0) is 48.4 Å². The van der Waals surface area contributed by atoms with E-state index in [4.69, 9.17) is 5.14 Å². The highest BCUT2D eigenvalue weighted by atomic mass is 32.2. The van der Waals surface area contributed by atoms with Crippen LogP contribution in [-0.4, -0.2) is 32.2 Å². The highest BCUT2D eigenvalue weighted by molar-refractivity contribution is 7.89. The third kappa shape index (κ3) is 8.04. The Hall–Kier alpha value is -3.16. The number of primary sulfonamides is 1. The van der Waals surface area contributed by atoms with Gasteiger partial charge < -0.3 is 15.4 Å². The maximum atomic E-state index is 12.2. The van der Waals surface area contributed by atoms with Crippen LogP contribution in [0.25, 0.3) is 0 Å². The van der Waals surface area contributed by atoms with Crippen LogP contribution in [0.1, 0.15) is 11.3 Å². The van der Waals surface area contributed by atoms with Crippen LogP contribution in [0.2, 0.25) is 0 Å². The Morgan fingerprint density at radius 2 is 1.76 bits per heavy atom. The second-order valence-corrected chi connectivity index (χ2v) is 9.23. The number of amides is 1. The van der Waals surface area contributed by atoms with E-state index in [1.807, 2.05) is 0 Å². The molecule has 4 N–H and O–H groups in total. The van der Waals surface area contributed by atoms with Gasteiger partial charge in [0, 0.05) is 17.6 Å². The van der Waals surface area contributed by atoms with Crippen LogP contribution < -0.4 is 20.5 Å². The van der Waals surface area contributed by atoms with Crippen molar-refractivity contribution in [3.8, 4) is 5.75 Å². The van der Waals surface area contributed by atoms with Crippen LogP contribution in [0, 0.1) is 0 Å². The van der Waals surface area contributed by atoms with Crippen molar-refractivity contribution >= 4 is 38.1 Å². The summed E-state index contributed by atoms with van der Waals surface area (Å²) >= 11 is 1.25. The number of sulfonamides is 1. The largest absolute Gasteiger partial charge is 0.573 e. The van der Waals surface area contributed by atoms with E-state index in [9.17, 15) is 26.4 Å². The van der Waals surface area contributed by atoms with Gasteiger partial charge in [-0.25, -0.2) is 18.5 Å². The fraction of sp³-hybridized carbons (Fsp3) is 0.200. The number of anilines is 2. The number of nitrogens with two attached hydrogens (primary N) is 1. The molecule has 176 valence electrons. The van der Waals surface area contributed by atoms with Gasteiger partial charge >= 0.3 is 6.36 Å². The lowest BCUT2D eigenvalue weighted by Crippen LogP contribution is -2.27. The van der Waals surface area contributed by atoms with E-state index >= 15 is 0 Å². The zero-order chi connectivity index (χ0) is 24.1. The van der Waals surface area contributed by atoms with E-state index < -0.39 is 16.4 Å². The summed E-state index contributed by atoms with van der Waals surface area (Å²) in [6.07, 6.45) is -4.19. The molecule has 1 heterocycles. The first-order valence-electron chi connectivity index (χ1n) is 9.44. The number of carbonyl (C=O) groups is 1. The molecule has 0 saturated heterocycles. The Kier molecular flexibility index (Phi) is 7.56. The van der Waals surface area contributed by atoms with Crippen LogP contribution in [-0.2, 0) is 27.7 Å². The van der Waals surface area contributed by atoms with E-state index in [1.165, 1.54) is 47.7 Å². The van der Waals surface area contributed by atoms with E-state index in [0.29, 0.717) is 29.5 Å². The minimum absolute atomic E-state index is 0.0221. The van der Waals surface area contributed by atoms with Crippen molar-refractivity contribution in [2.45, 2.75) is 24.1 Å². The minimum Gasteiger partial charge on any atom is -0.406 e. The molecule has 0 bridgehead atoms. The highest BCUT2D eigenvalue weighted by Gasteiger charge is 2.30. The summed E-state index contributed by atoms with van der Waals surface area (Å²) < 4.78 is 63.0. The second-order valence-electron chi connectivity index (χ2n) is 6.81. The molecule has 2 aromatic carbocycles. The molecule has 1 amide bonds. The third-order valence-electron chi connectivity index (χ3n) is 4.22. The fourth-order valence-electron chi connectivity index (χ4n) is 2.73. The molecule has 0 aliphatic carbocycles. The normalized spacial score (nSPS) is 11.8. The summed E-state index contributed by atoms with van der Waals surface area (Å²) in [5.74, 6) is -0.563. The van der Waals surface area contributed by atoms with E-state index in [2.05, 4.69) is 20.4 Å².